The maximum absolute atomic E-state index is 14.3. The smallest absolute Gasteiger partial charge is 0.336 e. The zero-order valence-corrected chi connectivity index (χ0v) is 26.7. The summed E-state index contributed by atoms with van der Waals surface area (Å²) in [5.41, 5.74) is -1.78. The molecule has 0 radical (unpaired) electrons. The second kappa shape index (κ2) is 13.6. The van der Waals surface area contributed by atoms with Crippen LogP contribution in [0.3, 0.4) is 0 Å². The van der Waals surface area contributed by atoms with Gasteiger partial charge < -0.3 is 34.8 Å². The third kappa shape index (κ3) is 7.12. The molecule has 2 amide bonds. The van der Waals surface area contributed by atoms with Crippen molar-refractivity contribution in [2.75, 3.05) is 44.7 Å². The molecule has 14 heteroatoms. The highest BCUT2D eigenvalue weighted by Gasteiger charge is 2.51. The fourth-order valence-electron chi connectivity index (χ4n) is 6.97. The lowest BCUT2D eigenvalue weighted by Crippen LogP contribution is -2.50. The van der Waals surface area contributed by atoms with Gasteiger partial charge in [-0.2, -0.15) is 0 Å². The molecule has 2 unspecified atom stereocenters. The van der Waals surface area contributed by atoms with Crippen LogP contribution in [0.4, 0.5) is 10.1 Å². The number of esters is 1. The molecule has 2 aromatic rings. The number of aliphatic carboxylic acids is 2. The van der Waals surface area contributed by atoms with Crippen molar-refractivity contribution in [2.45, 2.75) is 56.0 Å². The van der Waals surface area contributed by atoms with E-state index >= 15 is 0 Å². The molecule has 3 aliphatic rings. The number of carbonyl (C=O) groups is 5. The number of benzene rings is 2. The molecule has 5 rings (SSSR count). The summed E-state index contributed by atoms with van der Waals surface area (Å²) in [6, 6.07) is 8.74. The number of hydrogen-bond acceptors (Lipinski definition) is 8. The van der Waals surface area contributed by atoms with Crippen molar-refractivity contribution in [1.82, 2.24) is 9.80 Å². The molecule has 12 nitrogen and oxygen atoms in total. The number of piperidine rings is 1. The van der Waals surface area contributed by atoms with Crippen molar-refractivity contribution in [2.24, 2.45) is 5.92 Å². The van der Waals surface area contributed by atoms with E-state index in [1.54, 1.807) is 18.0 Å². The maximum atomic E-state index is 14.3. The summed E-state index contributed by atoms with van der Waals surface area (Å²) >= 11 is 6.53. The van der Waals surface area contributed by atoms with Gasteiger partial charge in [-0.05, 0) is 92.7 Å². The first-order valence-corrected chi connectivity index (χ1v) is 15.9. The summed E-state index contributed by atoms with van der Waals surface area (Å²) in [7, 11) is 1.70. The van der Waals surface area contributed by atoms with Crippen molar-refractivity contribution in [3.8, 4) is 5.75 Å². The SMILES string of the molecule is CN1C(=O)C2(CCN(CC(Cc3cc(OC(=O)CC(O)(CC(=O)O)C(=O)O)ccc3Cl)C(=O)N3CCCC3)CC2)c2cc(F)ccc21. The minimum Gasteiger partial charge on any atom is -0.481 e. The van der Waals surface area contributed by atoms with E-state index < -0.39 is 53.5 Å². The molecule has 47 heavy (non-hydrogen) atoms. The van der Waals surface area contributed by atoms with Gasteiger partial charge in [0.05, 0.1) is 24.2 Å². The van der Waals surface area contributed by atoms with E-state index in [1.807, 2.05) is 4.90 Å². The Kier molecular flexibility index (Phi) is 9.90. The molecule has 2 atom stereocenters. The average molecular weight is 674 g/mol. The third-order valence-electron chi connectivity index (χ3n) is 9.50. The van der Waals surface area contributed by atoms with Crippen LogP contribution in [0.1, 0.15) is 49.7 Å². The number of carbonyl (C=O) groups excluding carboxylic acids is 3. The second-order valence-electron chi connectivity index (χ2n) is 12.7. The number of carboxylic acids is 2. The number of likely N-dealkylation sites (N-methyl/N-ethyl adjacent to an activating group) is 1. The second-order valence-corrected chi connectivity index (χ2v) is 13.1. The quantitative estimate of drug-likeness (QED) is 0.239. The van der Waals surface area contributed by atoms with Gasteiger partial charge in [0, 0.05) is 37.4 Å². The van der Waals surface area contributed by atoms with E-state index in [0.717, 1.165) is 12.8 Å². The average Bonchev–Trinajstić information content (AvgIpc) is 3.62. The van der Waals surface area contributed by atoms with E-state index in [4.69, 9.17) is 21.4 Å². The van der Waals surface area contributed by atoms with Crippen LogP contribution >= 0.6 is 11.6 Å². The molecule has 0 aliphatic carbocycles. The first-order valence-electron chi connectivity index (χ1n) is 15.5. The Labute approximate surface area is 275 Å². The number of amides is 2. The largest absolute Gasteiger partial charge is 0.481 e. The van der Waals surface area contributed by atoms with E-state index in [2.05, 4.69) is 4.90 Å². The molecule has 0 saturated carbocycles. The number of fused-ring (bicyclic) bond motifs is 2. The molecule has 2 saturated heterocycles. The number of halogens is 2. The van der Waals surface area contributed by atoms with Crippen LogP contribution in [0.15, 0.2) is 36.4 Å². The van der Waals surface area contributed by atoms with E-state index in [0.29, 0.717) is 67.4 Å². The van der Waals surface area contributed by atoms with Gasteiger partial charge in [-0.25, -0.2) is 9.18 Å². The van der Waals surface area contributed by atoms with Crippen molar-refractivity contribution >= 4 is 47.0 Å². The molecular formula is C33H37ClFN3O9. The minimum atomic E-state index is -2.85. The molecule has 2 aromatic carbocycles. The summed E-state index contributed by atoms with van der Waals surface area (Å²) in [5, 5.41) is 28.8. The number of nitrogens with zero attached hydrogens (tertiary/aromatic N) is 3. The van der Waals surface area contributed by atoms with Crippen LogP contribution in [0.2, 0.25) is 5.02 Å². The highest BCUT2D eigenvalue weighted by molar-refractivity contribution is 6.31. The van der Waals surface area contributed by atoms with Gasteiger partial charge in [0.1, 0.15) is 11.6 Å². The standard InChI is InChI=1S/C33H37ClFN3O9/c1-36-26-7-4-22(35)16-24(26)32(30(36)43)8-12-37(13-9-32)19-21(29(42)38-10-2-3-11-38)14-20-15-23(5-6-25(20)34)47-28(41)18-33(46,31(44)45)17-27(39)40/h4-7,15-16,21,46H,2-3,8-14,17-19H2,1H3,(H,39,40)(H,44,45). The topological polar surface area (TPSA) is 165 Å². The molecular weight excluding hydrogens is 637 g/mol. The van der Waals surface area contributed by atoms with Gasteiger partial charge in [0.25, 0.3) is 0 Å². The third-order valence-corrected chi connectivity index (χ3v) is 9.87. The van der Waals surface area contributed by atoms with Crippen LogP contribution in [0.25, 0.3) is 0 Å². The molecule has 1 spiro atoms. The minimum absolute atomic E-state index is 0.0143. The number of ether oxygens (including phenoxy) is 1. The molecule has 3 aliphatic heterocycles. The van der Waals surface area contributed by atoms with Crippen molar-refractivity contribution in [1.29, 1.82) is 0 Å². The van der Waals surface area contributed by atoms with Crippen LogP contribution in [0, 0.1) is 11.7 Å². The fraction of sp³-hybridized carbons (Fsp3) is 0.485. The fourth-order valence-corrected chi connectivity index (χ4v) is 7.17. The lowest BCUT2D eigenvalue weighted by Gasteiger charge is -2.39. The van der Waals surface area contributed by atoms with Crippen LogP contribution in [-0.2, 0) is 35.8 Å². The first-order chi connectivity index (χ1) is 22.2. The number of likely N-dealkylation sites (tertiary alicyclic amines) is 2. The summed E-state index contributed by atoms with van der Waals surface area (Å²) < 4.78 is 19.5. The lowest BCUT2D eigenvalue weighted by atomic mass is 9.73. The van der Waals surface area contributed by atoms with E-state index in [1.165, 1.54) is 30.3 Å². The molecule has 3 N–H and O–H groups in total. The zero-order chi connectivity index (χ0) is 34.1. The summed E-state index contributed by atoms with van der Waals surface area (Å²) in [6.45, 7) is 2.65. The van der Waals surface area contributed by atoms with Gasteiger partial charge in [-0.15, -0.1) is 0 Å². The summed E-state index contributed by atoms with van der Waals surface area (Å²) in [4.78, 5) is 67.8. The summed E-state index contributed by atoms with van der Waals surface area (Å²) in [6.07, 6.45) is 0.612. The van der Waals surface area contributed by atoms with Crippen LogP contribution < -0.4 is 9.64 Å². The van der Waals surface area contributed by atoms with Crippen LogP contribution in [0.5, 0.6) is 5.75 Å². The van der Waals surface area contributed by atoms with Gasteiger partial charge in [-0.3, -0.25) is 19.2 Å². The molecule has 3 heterocycles. The monoisotopic (exact) mass is 673 g/mol. The summed E-state index contributed by atoms with van der Waals surface area (Å²) in [5.74, 6) is -5.70. The normalized spacial score (nSPS) is 19.4. The Morgan fingerprint density at radius 1 is 1.02 bits per heavy atom. The van der Waals surface area contributed by atoms with Gasteiger partial charge >= 0.3 is 17.9 Å². The van der Waals surface area contributed by atoms with Gasteiger partial charge in [-0.1, -0.05) is 11.6 Å². The first kappa shape index (κ1) is 34.3. The molecule has 0 bridgehead atoms. The van der Waals surface area contributed by atoms with Gasteiger partial charge in [0.2, 0.25) is 11.8 Å². The van der Waals surface area contributed by atoms with E-state index in [9.17, 15) is 38.6 Å². The van der Waals surface area contributed by atoms with Crippen molar-refractivity contribution in [3.05, 3.63) is 58.4 Å². The zero-order valence-electron chi connectivity index (χ0n) is 25.9. The number of hydrogen-bond donors (Lipinski definition) is 3. The Hall–Kier alpha value is -4.07. The Morgan fingerprint density at radius 3 is 2.34 bits per heavy atom. The lowest BCUT2D eigenvalue weighted by molar-refractivity contribution is -0.169. The highest BCUT2D eigenvalue weighted by Crippen LogP contribution is 2.47. The number of rotatable bonds is 11. The highest BCUT2D eigenvalue weighted by atomic mass is 35.5. The van der Waals surface area contributed by atoms with Crippen LogP contribution in [-0.4, -0.2) is 100 Å². The van der Waals surface area contributed by atoms with E-state index in [-0.39, 0.29) is 24.0 Å². The Morgan fingerprint density at radius 2 is 1.70 bits per heavy atom. The maximum Gasteiger partial charge on any atom is 0.336 e. The van der Waals surface area contributed by atoms with Crippen molar-refractivity contribution in [3.63, 3.8) is 0 Å². The molecule has 0 aromatic heterocycles. The van der Waals surface area contributed by atoms with Crippen molar-refractivity contribution < 1.29 is 48.4 Å². The Bertz CT molecular complexity index is 1590. The molecule has 252 valence electrons. The number of anilines is 1. The number of aliphatic hydroxyl groups is 1. The Balaban J connectivity index is 1.31. The molecule has 2 fully saturated rings. The predicted octanol–water partition coefficient (Wildman–Crippen LogP) is 2.86. The predicted molar refractivity (Wildman–Crippen MR) is 167 cm³/mol. The number of carboxylic acid groups (broad SMARTS) is 2. The van der Waals surface area contributed by atoms with Gasteiger partial charge in [0.15, 0.2) is 5.60 Å².